The van der Waals surface area contributed by atoms with Crippen LogP contribution in [0, 0.1) is 0 Å². The highest BCUT2D eigenvalue weighted by atomic mass is 32.2. The lowest BCUT2D eigenvalue weighted by Gasteiger charge is -2.15. The highest BCUT2D eigenvalue weighted by Gasteiger charge is 2.26. The average molecular weight is 218 g/mol. The number of hydrogen-bond donors (Lipinski definition) is 3. The standard InChI is InChI=1S/C8H14N2O3S/c1-2-5(8(12)13)10-7(11)6-3-14-4-9-6/h5-6,9H,2-4H2,1H3,(H,10,11)(H,12,13)/t5-,6?/m0/s1. The zero-order valence-electron chi connectivity index (χ0n) is 7.95. The normalized spacial score (nSPS) is 23.1. The molecule has 3 N–H and O–H groups in total. The monoisotopic (exact) mass is 218 g/mol. The molecule has 0 saturated carbocycles. The van der Waals surface area contributed by atoms with Crippen LogP contribution in [-0.2, 0) is 9.59 Å². The minimum Gasteiger partial charge on any atom is -0.480 e. The zero-order valence-corrected chi connectivity index (χ0v) is 8.76. The molecule has 1 unspecified atom stereocenters. The van der Waals surface area contributed by atoms with Crippen LogP contribution in [0.1, 0.15) is 13.3 Å². The Kier molecular flexibility index (Phi) is 4.21. The number of rotatable bonds is 4. The molecule has 0 aromatic carbocycles. The fraction of sp³-hybridized carbons (Fsp3) is 0.750. The van der Waals surface area contributed by atoms with Gasteiger partial charge in [0.1, 0.15) is 6.04 Å². The Balaban J connectivity index is 2.41. The average Bonchev–Trinajstić information content (AvgIpc) is 2.65. The molecule has 6 heteroatoms. The summed E-state index contributed by atoms with van der Waals surface area (Å²) in [5, 5.41) is 14.2. The number of amides is 1. The molecular formula is C8H14N2O3S. The molecule has 1 saturated heterocycles. The Bertz CT molecular complexity index is 229. The maximum absolute atomic E-state index is 11.5. The Morgan fingerprint density at radius 3 is 2.86 bits per heavy atom. The Morgan fingerprint density at radius 1 is 1.71 bits per heavy atom. The predicted molar refractivity (Wildman–Crippen MR) is 54.1 cm³/mol. The van der Waals surface area contributed by atoms with Gasteiger partial charge in [0.15, 0.2) is 0 Å². The van der Waals surface area contributed by atoms with Gasteiger partial charge in [0.05, 0.1) is 6.04 Å². The Labute approximate surface area is 86.6 Å². The molecule has 1 amide bonds. The van der Waals surface area contributed by atoms with Crippen molar-refractivity contribution in [3.63, 3.8) is 0 Å². The van der Waals surface area contributed by atoms with Crippen molar-refractivity contribution in [3.8, 4) is 0 Å². The van der Waals surface area contributed by atoms with Gasteiger partial charge in [-0.1, -0.05) is 6.92 Å². The summed E-state index contributed by atoms with van der Waals surface area (Å²) in [4.78, 5) is 22.1. The van der Waals surface area contributed by atoms with Gasteiger partial charge in [-0.2, -0.15) is 0 Å². The maximum Gasteiger partial charge on any atom is 0.326 e. The van der Waals surface area contributed by atoms with E-state index in [0.717, 1.165) is 5.88 Å². The largest absolute Gasteiger partial charge is 0.480 e. The molecule has 0 spiro atoms. The molecule has 80 valence electrons. The van der Waals surface area contributed by atoms with Crippen molar-refractivity contribution in [2.24, 2.45) is 0 Å². The molecule has 14 heavy (non-hydrogen) atoms. The van der Waals surface area contributed by atoms with Crippen LogP contribution in [0.25, 0.3) is 0 Å². The number of carbonyl (C=O) groups excluding carboxylic acids is 1. The van der Waals surface area contributed by atoms with Crippen LogP contribution in [0.3, 0.4) is 0 Å². The molecule has 1 aliphatic heterocycles. The minimum atomic E-state index is -0.980. The van der Waals surface area contributed by atoms with Crippen LogP contribution in [0.5, 0.6) is 0 Å². The zero-order chi connectivity index (χ0) is 10.6. The third-order valence-electron chi connectivity index (χ3n) is 2.06. The molecule has 0 aliphatic carbocycles. The molecule has 2 atom stereocenters. The van der Waals surface area contributed by atoms with E-state index in [0.29, 0.717) is 12.2 Å². The van der Waals surface area contributed by atoms with E-state index in [1.165, 1.54) is 0 Å². The number of carboxylic acid groups (broad SMARTS) is 1. The van der Waals surface area contributed by atoms with E-state index in [2.05, 4.69) is 10.6 Å². The molecule has 1 rings (SSSR count). The lowest BCUT2D eigenvalue weighted by Crippen LogP contribution is -2.48. The number of aliphatic carboxylic acids is 1. The van der Waals surface area contributed by atoms with Gasteiger partial charge in [-0.05, 0) is 6.42 Å². The van der Waals surface area contributed by atoms with Crippen molar-refractivity contribution >= 4 is 23.6 Å². The first kappa shape index (κ1) is 11.3. The quantitative estimate of drug-likeness (QED) is 0.600. The summed E-state index contributed by atoms with van der Waals surface area (Å²) in [6.07, 6.45) is 0.404. The molecule has 1 aliphatic rings. The van der Waals surface area contributed by atoms with E-state index in [-0.39, 0.29) is 11.9 Å². The third kappa shape index (κ3) is 2.88. The highest BCUT2D eigenvalue weighted by molar-refractivity contribution is 7.99. The molecular weight excluding hydrogens is 204 g/mol. The van der Waals surface area contributed by atoms with Crippen molar-refractivity contribution in [1.29, 1.82) is 0 Å². The number of hydrogen-bond acceptors (Lipinski definition) is 4. The number of nitrogens with one attached hydrogen (secondary N) is 2. The SMILES string of the molecule is CC[C@H](NC(=O)C1CSCN1)C(=O)O. The minimum absolute atomic E-state index is 0.218. The molecule has 0 bridgehead atoms. The summed E-state index contributed by atoms with van der Waals surface area (Å²) in [5.74, 6) is 0.264. The summed E-state index contributed by atoms with van der Waals surface area (Å²) >= 11 is 1.63. The summed E-state index contributed by atoms with van der Waals surface area (Å²) in [6, 6.07) is -1.01. The number of carbonyl (C=O) groups is 2. The van der Waals surface area contributed by atoms with Crippen molar-refractivity contribution < 1.29 is 14.7 Å². The van der Waals surface area contributed by atoms with Crippen LogP contribution in [-0.4, -0.2) is 40.7 Å². The smallest absolute Gasteiger partial charge is 0.326 e. The van der Waals surface area contributed by atoms with Crippen molar-refractivity contribution in [2.75, 3.05) is 11.6 Å². The van der Waals surface area contributed by atoms with E-state index in [9.17, 15) is 9.59 Å². The van der Waals surface area contributed by atoms with Gasteiger partial charge in [-0.25, -0.2) is 4.79 Å². The van der Waals surface area contributed by atoms with Crippen LogP contribution in [0.15, 0.2) is 0 Å². The lowest BCUT2D eigenvalue weighted by atomic mass is 10.2. The van der Waals surface area contributed by atoms with Crippen molar-refractivity contribution in [2.45, 2.75) is 25.4 Å². The van der Waals surface area contributed by atoms with Gasteiger partial charge in [-0.3, -0.25) is 10.1 Å². The first-order chi connectivity index (χ1) is 6.65. The molecule has 0 aromatic heterocycles. The van der Waals surface area contributed by atoms with Crippen molar-refractivity contribution in [3.05, 3.63) is 0 Å². The van der Waals surface area contributed by atoms with Crippen molar-refractivity contribution in [1.82, 2.24) is 10.6 Å². The van der Waals surface area contributed by atoms with Crippen LogP contribution < -0.4 is 10.6 Å². The van der Waals surface area contributed by atoms with E-state index < -0.39 is 12.0 Å². The lowest BCUT2D eigenvalue weighted by molar-refractivity contribution is -0.142. The Hall–Kier alpha value is -0.750. The summed E-state index contributed by atoms with van der Waals surface area (Å²) < 4.78 is 0. The third-order valence-corrected chi connectivity index (χ3v) is 3.00. The highest BCUT2D eigenvalue weighted by Crippen LogP contribution is 2.09. The fourth-order valence-corrected chi connectivity index (χ4v) is 2.12. The summed E-state index contributed by atoms with van der Waals surface area (Å²) in [6.45, 7) is 1.73. The number of carboxylic acids is 1. The maximum atomic E-state index is 11.5. The second-order valence-electron chi connectivity index (χ2n) is 3.08. The molecule has 1 fully saturated rings. The summed E-state index contributed by atoms with van der Waals surface area (Å²) in [5.41, 5.74) is 0. The fourth-order valence-electron chi connectivity index (χ4n) is 1.17. The van der Waals surface area contributed by atoms with Gasteiger partial charge in [0.25, 0.3) is 0 Å². The van der Waals surface area contributed by atoms with E-state index in [1.54, 1.807) is 18.7 Å². The summed E-state index contributed by atoms with van der Waals surface area (Å²) in [7, 11) is 0. The molecule has 5 nitrogen and oxygen atoms in total. The van der Waals surface area contributed by atoms with Crippen LogP contribution >= 0.6 is 11.8 Å². The van der Waals surface area contributed by atoms with Gasteiger partial charge < -0.3 is 10.4 Å². The second kappa shape index (κ2) is 5.21. The Morgan fingerprint density at radius 2 is 2.43 bits per heavy atom. The van der Waals surface area contributed by atoms with Gasteiger partial charge in [0, 0.05) is 11.6 Å². The first-order valence-electron chi connectivity index (χ1n) is 4.49. The van der Waals surface area contributed by atoms with Gasteiger partial charge in [0.2, 0.25) is 5.91 Å². The topological polar surface area (TPSA) is 78.4 Å². The van der Waals surface area contributed by atoms with Gasteiger partial charge in [-0.15, -0.1) is 11.8 Å². The molecule has 0 aromatic rings. The first-order valence-corrected chi connectivity index (χ1v) is 5.65. The predicted octanol–water partition coefficient (Wildman–Crippen LogP) is -0.372. The van der Waals surface area contributed by atoms with E-state index in [4.69, 9.17) is 5.11 Å². The van der Waals surface area contributed by atoms with E-state index in [1.807, 2.05) is 0 Å². The number of thioether (sulfide) groups is 1. The van der Waals surface area contributed by atoms with Crippen LogP contribution in [0.4, 0.5) is 0 Å². The van der Waals surface area contributed by atoms with E-state index >= 15 is 0 Å². The molecule has 0 radical (unpaired) electrons. The second-order valence-corrected chi connectivity index (χ2v) is 4.11. The van der Waals surface area contributed by atoms with Crippen LogP contribution in [0.2, 0.25) is 0 Å². The molecule has 1 heterocycles. The van der Waals surface area contributed by atoms with Gasteiger partial charge >= 0.3 is 5.97 Å².